The zero-order valence-electron chi connectivity index (χ0n) is 15.4. The SMILES string of the molecule is COc1ccc(CN2CC(=O)N(Cc3cccc(C)c3)[C@@H](C)C2=O)cc1. The van der Waals surface area contributed by atoms with Gasteiger partial charge in [0, 0.05) is 13.1 Å². The Morgan fingerprint density at radius 2 is 1.77 bits per heavy atom. The van der Waals surface area contributed by atoms with Crippen LogP contribution in [0.2, 0.25) is 0 Å². The Labute approximate surface area is 154 Å². The van der Waals surface area contributed by atoms with E-state index in [1.807, 2.05) is 55.5 Å². The Hall–Kier alpha value is -2.82. The fraction of sp³-hybridized carbons (Fsp3) is 0.333. The van der Waals surface area contributed by atoms with Gasteiger partial charge < -0.3 is 14.5 Å². The minimum atomic E-state index is -0.463. The van der Waals surface area contributed by atoms with E-state index in [2.05, 4.69) is 0 Å². The standard InChI is InChI=1S/C21H24N2O3/c1-15-5-4-6-18(11-15)13-23-16(2)21(25)22(14-20(23)24)12-17-7-9-19(26-3)10-8-17/h4-11,16H,12-14H2,1-3H3/t16-/m0/s1. The number of rotatable bonds is 5. The summed E-state index contributed by atoms with van der Waals surface area (Å²) >= 11 is 0. The van der Waals surface area contributed by atoms with Gasteiger partial charge in [0.25, 0.3) is 0 Å². The molecule has 1 aliphatic heterocycles. The molecule has 1 atom stereocenters. The van der Waals surface area contributed by atoms with Crippen molar-refractivity contribution in [2.75, 3.05) is 13.7 Å². The lowest BCUT2D eigenvalue weighted by atomic mass is 10.1. The third kappa shape index (κ3) is 3.87. The average molecular weight is 352 g/mol. The summed E-state index contributed by atoms with van der Waals surface area (Å²) in [7, 11) is 1.62. The predicted octanol–water partition coefficient (Wildman–Crippen LogP) is 2.76. The number of benzene rings is 2. The quantitative estimate of drug-likeness (QED) is 0.831. The van der Waals surface area contributed by atoms with E-state index in [0.717, 1.165) is 22.4 Å². The van der Waals surface area contributed by atoms with E-state index in [9.17, 15) is 9.59 Å². The molecule has 0 aliphatic carbocycles. The number of piperazine rings is 1. The van der Waals surface area contributed by atoms with Crippen LogP contribution in [0.15, 0.2) is 48.5 Å². The molecule has 5 nitrogen and oxygen atoms in total. The normalized spacial score (nSPS) is 17.6. The minimum absolute atomic E-state index is 0.0203. The van der Waals surface area contributed by atoms with Crippen LogP contribution in [-0.4, -0.2) is 41.3 Å². The lowest BCUT2D eigenvalue weighted by Crippen LogP contribution is -2.57. The topological polar surface area (TPSA) is 49.9 Å². The van der Waals surface area contributed by atoms with Crippen molar-refractivity contribution in [2.24, 2.45) is 0 Å². The number of nitrogens with zero attached hydrogens (tertiary/aromatic N) is 2. The molecule has 1 heterocycles. The van der Waals surface area contributed by atoms with Crippen molar-refractivity contribution in [2.45, 2.75) is 33.0 Å². The Morgan fingerprint density at radius 3 is 2.42 bits per heavy atom. The molecule has 0 spiro atoms. The van der Waals surface area contributed by atoms with Crippen LogP contribution in [0.5, 0.6) is 5.75 Å². The third-order valence-corrected chi connectivity index (χ3v) is 4.75. The number of carbonyl (C=O) groups excluding carboxylic acids is 2. The maximum absolute atomic E-state index is 12.8. The van der Waals surface area contributed by atoms with Gasteiger partial charge in [-0.15, -0.1) is 0 Å². The monoisotopic (exact) mass is 352 g/mol. The van der Waals surface area contributed by atoms with E-state index in [1.54, 1.807) is 23.8 Å². The summed E-state index contributed by atoms with van der Waals surface area (Å²) in [6.45, 7) is 4.82. The van der Waals surface area contributed by atoms with E-state index in [4.69, 9.17) is 4.74 Å². The lowest BCUT2D eigenvalue weighted by molar-refractivity contribution is -0.156. The first kappa shape index (κ1) is 18.0. The smallest absolute Gasteiger partial charge is 0.245 e. The molecule has 2 amide bonds. The second-order valence-corrected chi connectivity index (χ2v) is 6.73. The maximum atomic E-state index is 12.8. The van der Waals surface area contributed by atoms with Crippen molar-refractivity contribution >= 4 is 11.8 Å². The number of hydrogen-bond donors (Lipinski definition) is 0. The molecular formula is C21H24N2O3. The van der Waals surface area contributed by atoms with Gasteiger partial charge in [0.15, 0.2) is 0 Å². The van der Waals surface area contributed by atoms with Gasteiger partial charge >= 0.3 is 0 Å². The number of aryl methyl sites for hydroxylation is 1. The summed E-state index contributed by atoms with van der Waals surface area (Å²) in [5, 5.41) is 0. The van der Waals surface area contributed by atoms with Gasteiger partial charge in [0.05, 0.1) is 7.11 Å². The zero-order chi connectivity index (χ0) is 18.7. The number of ether oxygens (including phenoxy) is 1. The molecule has 0 saturated carbocycles. The number of amides is 2. The molecule has 0 aromatic heterocycles. The number of hydrogen-bond acceptors (Lipinski definition) is 3. The van der Waals surface area contributed by atoms with Crippen LogP contribution in [-0.2, 0) is 22.7 Å². The first-order valence-electron chi connectivity index (χ1n) is 8.74. The van der Waals surface area contributed by atoms with E-state index < -0.39 is 6.04 Å². The van der Waals surface area contributed by atoms with Gasteiger partial charge in [-0.3, -0.25) is 9.59 Å². The average Bonchev–Trinajstić information content (AvgIpc) is 2.64. The van der Waals surface area contributed by atoms with E-state index in [1.165, 1.54) is 0 Å². The summed E-state index contributed by atoms with van der Waals surface area (Å²) < 4.78 is 5.15. The molecule has 3 rings (SSSR count). The summed E-state index contributed by atoms with van der Waals surface area (Å²) in [6, 6.07) is 15.1. The molecule has 2 aromatic carbocycles. The van der Waals surface area contributed by atoms with Gasteiger partial charge in [-0.05, 0) is 37.1 Å². The number of carbonyl (C=O) groups is 2. The largest absolute Gasteiger partial charge is 0.497 e. The highest BCUT2D eigenvalue weighted by Gasteiger charge is 2.36. The van der Waals surface area contributed by atoms with Crippen LogP contribution in [0.4, 0.5) is 0 Å². The Morgan fingerprint density at radius 1 is 1.04 bits per heavy atom. The fourth-order valence-electron chi connectivity index (χ4n) is 3.26. The minimum Gasteiger partial charge on any atom is -0.497 e. The highest BCUT2D eigenvalue weighted by atomic mass is 16.5. The second kappa shape index (κ2) is 7.60. The summed E-state index contributed by atoms with van der Waals surface area (Å²) in [5.41, 5.74) is 3.17. The molecule has 2 aromatic rings. The van der Waals surface area contributed by atoms with Gasteiger partial charge in [-0.25, -0.2) is 0 Å². The van der Waals surface area contributed by atoms with Gasteiger partial charge in [-0.2, -0.15) is 0 Å². The van der Waals surface area contributed by atoms with Crippen LogP contribution in [0.3, 0.4) is 0 Å². The van der Waals surface area contributed by atoms with Crippen molar-refractivity contribution in [3.05, 3.63) is 65.2 Å². The van der Waals surface area contributed by atoms with Gasteiger partial charge in [-0.1, -0.05) is 42.0 Å². The van der Waals surface area contributed by atoms with E-state index in [-0.39, 0.29) is 18.4 Å². The molecule has 0 radical (unpaired) electrons. The summed E-state index contributed by atoms with van der Waals surface area (Å²) in [5.74, 6) is 0.729. The molecule has 0 unspecified atom stereocenters. The first-order chi connectivity index (χ1) is 12.5. The predicted molar refractivity (Wildman–Crippen MR) is 99.6 cm³/mol. The molecule has 136 valence electrons. The third-order valence-electron chi connectivity index (χ3n) is 4.75. The van der Waals surface area contributed by atoms with Crippen molar-refractivity contribution in [1.29, 1.82) is 0 Å². The van der Waals surface area contributed by atoms with Crippen LogP contribution in [0, 0.1) is 6.92 Å². The van der Waals surface area contributed by atoms with E-state index >= 15 is 0 Å². The van der Waals surface area contributed by atoms with Gasteiger partial charge in [0.2, 0.25) is 11.8 Å². The van der Waals surface area contributed by atoms with Crippen LogP contribution >= 0.6 is 0 Å². The van der Waals surface area contributed by atoms with Crippen molar-refractivity contribution in [3.8, 4) is 5.75 Å². The summed E-state index contributed by atoms with van der Waals surface area (Å²) in [6.07, 6.45) is 0. The summed E-state index contributed by atoms with van der Waals surface area (Å²) in [4.78, 5) is 28.7. The van der Waals surface area contributed by atoms with Crippen molar-refractivity contribution in [3.63, 3.8) is 0 Å². The van der Waals surface area contributed by atoms with Crippen LogP contribution < -0.4 is 4.74 Å². The zero-order valence-corrected chi connectivity index (χ0v) is 15.4. The van der Waals surface area contributed by atoms with E-state index in [0.29, 0.717) is 13.1 Å². The maximum Gasteiger partial charge on any atom is 0.245 e. The molecule has 0 bridgehead atoms. The number of methoxy groups -OCH3 is 1. The van der Waals surface area contributed by atoms with Crippen LogP contribution in [0.25, 0.3) is 0 Å². The Kier molecular flexibility index (Phi) is 5.26. The highest BCUT2D eigenvalue weighted by molar-refractivity contribution is 5.94. The van der Waals surface area contributed by atoms with Gasteiger partial charge in [0.1, 0.15) is 18.3 Å². The Bertz CT molecular complexity index is 801. The Balaban J connectivity index is 1.70. The lowest BCUT2D eigenvalue weighted by Gasteiger charge is -2.39. The second-order valence-electron chi connectivity index (χ2n) is 6.73. The highest BCUT2D eigenvalue weighted by Crippen LogP contribution is 2.20. The van der Waals surface area contributed by atoms with Crippen molar-refractivity contribution < 1.29 is 14.3 Å². The molecule has 26 heavy (non-hydrogen) atoms. The first-order valence-corrected chi connectivity index (χ1v) is 8.74. The molecular weight excluding hydrogens is 328 g/mol. The molecule has 1 aliphatic rings. The molecule has 5 heteroatoms. The molecule has 0 N–H and O–H groups in total. The molecule has 1 saturated heterocycles. The van der Waals surface area contributed by atoms with Crippen molar-refractivity contribution in [1.82, 2.24) is 9.80 Å². The van der Waals surface area contributed by atoms with Crippen LogP contribution in [0.1, 0.15) is 23.6 Å². The molecule has 1 fully saturated rings. The fourth-order valence-corrected chi connectivity index (χ4v) is 3.26.